The fourth-order valence-electron chi connectivity index (χ4n) is 2.48. The van der Waals surface area contributed by atoms with Crippen LogP contribution < -0.4 is 14.8 Å². The van der Waals surface area contributed by atoms with Crippen LogP contribution in [0.15, 0.2) is 18.2 Å². The Morgan fingerprint density at radius 2 is 2.00 bits per heavy atom. The first-order valence-electron chi connectivity index (χ1n) is 6.60. The van der Waals surface area contributed by atoms with Crippen LogP contribution in [0, 0.1) is 5.41 Å². The Balaban J connectivity index is 2.34. The first-order valence-corrected chi connectivity index (χ1v) is 6.60. The van der Waals surface area contributed by atoms with Crippen molar-refractivity contribution in [1.29, 1.82) is 0 Å². The van der Waals surface area contributed by atoms with Crippen LogP contribution in [0.4, 0.5) is 0 Å². The van der Waals surface area contributed by atoms with Crippen molar-refractivity contribution in [3.63, 3.8) is 0 Å². The summed E-state index contributed by atoms with van der Waals surface area (Å²) < 4.78 is 10.8. The second-order valence-corrected chi connectivity index (χ2v) is 5.25. The molecule has 0 spiro atoms. The molecule has 1 aromatic rings. The third kappa shape index (κ3) is 2.46. The summed E-state index contributed by atoms with van der Waals surface area (Å²) >= 11 is 0. The molecule has 0 saturated heterocycles. The van der Waals surface area contributed by atoms with E-state index < -0.39 is 0 Å². The lowest BCUT2D eigenvalue weighted by molar-refractivity contribution is 0.344. The Morgan fingerprint density at radius 3 is 2.50 bits per heavy atom. The molecule has 1 fully saturated rings. The van der Waals surface area contributed by atoms with E-state index in [1.54, 1.807) is 14.2 Å². The van der Waals surface area contributed by atoms with E-state index in [1.165, 1.54) is 18.4 Å². The van der Waals surface area contributed by atoms with Gasteiger partial charge in [0, 0.05) is 17.7 Å². The molecule has 0 aromatic heterocycles. The molecule has 0 aliphatic heterocycles. The van der Waals surface area contributed by atoms with Crippen molar-refractivity contribution in [1.82, 2.24) is 5.32 Å². The highest BCUT2D eigenvalue weighted by molar-refractivity contribution is 5.43. The fraction of sp³-hybridized carbons (Fsp3) is 0.600. The van der Waals surface area contributed by atoms with Crippen LogP contribution in [0.3, 0.4) is 0 Å². The highest BCUT2D eigenvalue weighted by Crippen LogP contribution is 2.55. The van der Waals surface area contributed by atoms with Crippen LogP contribution in [0.2, 0.25) is 0 Å². The molecular weight excluding hydrogens is 226 g/mol. The monoisotopic (exact) mass is 249 g/mol. The van der Waals surface area contributed by atoms with E-state index in [4.69, 9.17) is 9.47 Å². The molecular formula is C15H23NO2. The molecule has 0 bridgehead atoms. The average Bonchev–Trinajstić information content (AvgIpc) is 3.14. The Bertz CT molecular complexity index is 413. The Labute approximate surface area is 109 Å². The lowest BCUT2D eigenvalue weighted by atomic mass is 9.91. The lowest BCUT2D eigenvalue weighted by Crippen LogP contribution is -2.28. The van der Waals surface area contributed by atoms with E-state index in [2.05, 4.69) is 25.2 Å². The SMILES string of the molecule is CCNC(c1ccc(OC)cc1OC)C1(C)CC1. The van der Waals surface area contributed by atoms with E-state index in [1.807, 2.05) is 12.1 Å². The van der Waals surface area contributed by atoms with Gasteiger partial charge in [-0.05, 0) is 30.9 Å². The van der Waals surface area contributed by atoms with E-state index in [0.29, 0.717) is 11.5 Å². The number of benzene rings is 1. The zero-order valence-corrected chi connectivity index (χ0v) is 11.7. The predicted molar refractivity (Wildman–Crippen MR) is 73.3 cm³/mol. The second kappa shape index (κ2) is 5.19. The number of methoxy groups -OCH3 is 2. The summed E-state index contributed by atoms with van der Waals surface area (Å²) in [6.45, 7) is 5.45. The molecule has 1 aromatic carbocycles. The van der Waals surface area contributed by atoms with E-state index in [-0.39, 0.29) is 0 Å². The number of nitrogens with one attached hydrogen (secondary N) is 1. The first kappa shape index (κ1) is 13.2. The summed E-state index contributed by atoms with van der Waals surface area (Å²) in [7, 11) is 3.40. The number of ether oxygens (including phenoxy) is 2. The van der Waals surface area contributed by atoms with Crippen molar-refractivity contribution in [3.8, 4) is 11.5 Å². The normalized spacial score (nSPS) is 18.2. The molecule has 1 N–H and O–H groups in total. The van der Waals surface area contributed by atoms with Gasteiger partial charge in [-0.1, -0.05) is 19.9 Å². The summed E-state index contributed by atoms with van der Waals surface area (Å²) in [5.74, 6) is 1.75. The second-order valence-electron chi connectivity index (χ2n) is 5.25. The smallest absolute Gasteiger partial charge is 0.127 e. The van der Waals surface area contributed by atoms with Gasteiger partial charge in [0.2, 0.25) is 0 Å². The maximum absolute atomic E-state index is 5.52. The molecule has 0 heterocycles. The van der Waals surface area contributed by atoms with Crippen molar-refractivity contribution in [3.05, 3.63) is 23.8 Å². The largest absolute Gasteiger partial charge is 0.497 e. The molecule has 2 rings (SSSR count). The van der Waals surface area contributed by atoms with Crippen LogP contribution in [0.1, 0.15) is 38.3 Å². The maximum Gasteiger partial charge on any atom is 0.127 e. The molecule has 1 aliphatic rings. The van der Waals surface area contributed by atoms with Gasteiger partial charge in [0.1, 0.15) is 11.5 Å². The summed E-state index contributed by atoms with van der Waals surface area (Å²) in [6.07, 6.45) is 2.56. The van der Waals surface area contributed by atoms with Gasteiger partial charge in [0.05, 0.1) is 14.2 Å². The van der Waals surface area contributed by atoms with Crippen LogP contribution in [0.25, 0.3) is 0 Å². The Morgan fingerprint density at radius 1 is 1.28 bits per heavy atom. The van der Waals surface area contributed by atoms with Gasteiger partial charge in [0.25, 0.3) is 0 Å². The van der Waals surface area contributed by atoms with Crippen LogP contribution in [-0.2, 0) is 0 Å². The number of rotatable bonds is 6. The summed E-state index contributed by atoms with van der Waals surface area (Å²) in [4.78, 5) is 0. The molecule has 100 valence electrons. The highest BCUT2D eigenvalue weighted by atomic mass is 16.5. The molecule has 3 nitrogen and oxygen atoms in total. The van der Waals surface area contributed by atoms with Gasteiger partial charge < -0.3 is 14.8 Å². The average molecular weight is 249 g/mol. The Hall–Kier alpha value is -1.22. The molecule has 1 aliphatic carbocycles. The summed E-state index contributed by atoms with van der Waals surface area (Å²) in [5, 5.41) is 3.59. The van der Waals surface area contributed by atoms with Gasteiger partial charge in [-0.3, -0.25) is 0 Å². The predicted octanol–water partition coefficient (Wildman–Crippen LogP) is 3.15. The first-order chi connectivity index (χ1) is 8.64. The van der Waals surface area contributed by atoms with Gasteiger partial charge in [0.15, 0.2) is 0 Å². The minimum absolute atomic E-state index is 0.364. The minimum Gasteiger partial charge on any atom is -0.497 e. The number of hydrogen-bond acceptors (Lipinski definition) is 3. The molecule has 1 unspecified atom stereocenters. The summed E-state index contributed by atoms with van der Waals surface area (Å²) in [6, 6.07) is 6.46. The topological polar surface area (TPSA) is 30.5 Å². The molecule has 18 heavy (non-hydrogen) atoms. The zero-order chi connectivity index (χ0) is 13.2. The van der Waals surface area contributed by atoms with Crippen molar-refractivity contribution in [2.24, 2.45) is 5.41 Å². The molecule has 1 saturated carbocycles. The molecule has 0 radical (unpaired) electrons. The van der Waals surface area contributed by atoms with Crippen LogP contribution in [0.5, 0.6) is 11.5 Å². The van der Waals surface area contributed by atoms with Crippen LogP contribution >= 0.6 is 0 Å². The standard InChI is InChI=1S/C15H23NO2/c1-5-16-14(15(2)8-9-15)12-7-6-11(17-3)10-13(12)18-4/h6-7,10,14,16H,5,8-9H2,1-4H3. The quantitative estimate of drug-likeness (QED) is 0.840. The maximum atomic E-state index is 5.52. The minimum atomic E-state index is 0.364. The van der Waals surface area contributed by atoms with Crippen LogP contribution in [-0.4, -0.2) is 20.8 Å². The van der Waals surface area contributed by atoms with E-state index in [0.717, 1.165) is 18.0 Å². The van der Waals surface area contributed by atoms with E-state index in [9.17, 15) is 0 Å². The van der Waals surface area contributed by atoms with E-state index >= 15 is 0 Å². The lowest BCUT2D eigenvalue weighted by Gasteiger charge is -2.26. The van der Waals surface area contributed by atoms with Crippen molar-refractivity contribution >= 4 is 0 Å². The van der Waals surface area contributed by atoms with Gasteiger partial charge in [-0.2, -0.15) is 0 Å². The summed E-state index contributed by atoms with van der Waals surface area (Å²) in [5.41, 5.74) is 1.61. The van der Waals surface area contributed by atoms with Crippen molar-refractivity contribution in [2.75, 3.05) is 20.8 Å². The molecule has 0 amide bonds. The molecule has 3 heteroatoms. The third-order valence-electron chi connectivity index (χ3n) is 3.90. The highest BCUT2D eigenvalue weighted by Gasteiger charge is 2.46. The van der Waals surface area contributed by atoms with Crippen molar-refractivity contribution in [2.45, 2.75) is 32.7 Å². The zero-order valence-electron chi connectivity index (χ0n) is 11.7. The van der Waals surface area contributed by atoms with Gasteiger partial charge in [-0.15, -0.1) is 0 Å². The molecule has 1 atom stereocenters. The fourth-order valence-corrected chi connectivity index (χ4v) is 2.48. The third-order valence-corrected chi connectivity index (χ3v) is 3.90. The number of hydrogen-bond donors (Lipinski definition) is 1. The van der Waals surface area contributed by atoms with Gasteiger partial charge >= 0.3 is 0 Å². The Kier molecular flexibility index (Phi) is 3.81. The van der Waals surface area contributed by atoms with Crippen molar-refractivity contribution < 1.29 is 9.47 Å². The van der Waals surface area contributed by atoms with Gasteiger partial charge in [-0.25, -0.2) is 0 Å².